The molecule has 0 atom stereocenters. The van der Waals surface area contributed by atoms with Crippen molar-refractivity contribution in [3.8, 4) is 11.5 Å². The van der Waals surface area contributed by atoms with Crippen molar-refractivity contribution < 1.29 is 23.8 Å². The minimum atomic E-state index is -0.794. The van der Waals surface area contributed by atoms with E-state index in [1.54, 1.807) is 42.5 Å². The second-order valence-electron chi connectivity index (χ2n) is 7.92. The molecule has 0 unspecified atom stereocenters. The van der Waals surface area contributed by atoms with E-state index >= 15 is 0 Å². The van der Waals surface area contributed by atoms with E-state index in [1.165, 1.54) is 4.68 Å². The van der Waals surface area contributed by atoms with E-state index in [1.807, 2.05) is 27.7 Å². The van der Waals surface area contributed by atoms with Crippen LogP contribution in [-0.4, -0.2) is 41.5 Å². The molecule has 0 fully saturated rings. The molecule has 34 heavy (non-hydrogen) atoms. The molecule has 3 aromatic rings. The van der Waals surface area contributed by atoms with Crippen molar-refractivity contribution in [1.29, 1.82) is 0 Å². The summed E-state index contributed by atoms with van der Waals surface area (Å²) in [6.07, 6.45) is 0. The van der Waals surface area contributed by atoms with Gasteiger partial charge in [-0.2, -0.15) is 5.10 Å². The van der Waals surface area contributed by atoms with Gasteiger partial charge in [0.15, 0.2) is 12.3 Å². The van der Waals surface area contributed by atoms with Crippen LogP contribution in [0, 0.1) is 5.92 Å². The fourth-order valence-corrected chi connectivity index (χ4v) is 3.39. The molecule has 0 spiro atoms. The van der Waals surface area contributed by atoms with Crippen molar-refractivity contribution in [2.24, 2.45) is 5.92 Å². The van der Waals surface area contributed by atoms with Crippen LogP contribution in [0.4, 0.5) is 5.69 Å². The van der Waals surface area contributed by atoms with E-state index in [-0.39, 0.29) is 17.2 Å². The van der Waals surface area contributed by atoms with Gasteiger partial charge in [0.25, 0.3) is 11.5 Å². The topological polar surface area (TPSA) is 109 Å². The van der Waals surface area contributed by atoms with Gasteiger partial charge in [0.2, 0.25) is 0 Å². The lowest BCUT2D eigenvalue weighted by molar-refractivity contribution is -0.119. The summed E-state index contributed by atoms with van der Waals surface area (Å²) in [5.41, 5.74) is 0.108. The molecule has 0 aliphatic rings. The maximum absolute atomic E-state index is 12.8. The Kier molecular flexibility index (Phi) is 8.24. The van der Waals surface area contributed by atoms with Gasteiger partial charge in [0, 0.05) is 18.0 Å². The monoisotopic (exact) mass is 467 g/mol. The van der Waals surface area contributed by atoms with Gasteiger partial charge >= 0.3 is 5.97 Å². The fraction of sp³-hybridized carbons (Fsp3) is 0.360. The molecule has 3 rings (SSSR count). The summed E-state index contributed by atoms with van der Waals surface area (Å²) in [7, 11) is 0. The van der Waals surface area contributed by atoms with Crippen LogP contribution in [0.3, 0.4) is 0 Å². The first-order valence-corrected chi connectivity index (χ1v) is 11.2. The van der Waals surface area contributed by atoms with Crippen LogP contribution in [0.1, 0.15) is 38.2 Å². The molecule has 0 bridgehead atoms. The van der Waals surface area contributed by atoms with Crippen LogP contribution in [-0.2, 0) is 16.1 Å². The van der Waals surface area contributed by atoms with Gasteiger partial charge in [-0.15, -0.1) is 0 Å². The Morgan fingerprint density at radius 2 is 1.74 bits per heavy atom. The van der Waals surface area contributed by atoms with E-state index in [9.17, 15) is 14.4 Å². The summed E-state index contributed by atoms with van der Waals surface area (Å²) in [4.78, 5) is 38.1. The van der Waals surface area contributed by atoms with Crippen LogP contribution in [0.2, 0.25) is 0 Å². The Labute approximate surface area is 197 Å². The lowest BCUT2D eigenvalue weighted by Crippen LogP contribution is -2.29. The minimum absolute atomic E-state index is 0.0167. The molecule has 0 radical (unpaired) electrons. The highest BCUT2D eigenvalue weighted by Crippen LogP contribution is 2.29. The summed E-state index contributed by atoms with van der Waals surface area (Å²) in [6.45, 7) is 8.28. The number of anilines is 1. The number of carbonyl (C=O) groups is 2. The highest BCUT2D eigenvalue weighted by Gasteiger charge is 2.20. The maximum Gasteiger partial charge on any atom is 0.359 e. The number of esters is 1. The van der Waals surface area contributed by atoms with E-state index in [0.717, 1.165) is 0 Å². The third-order valence-corrected chi connectivity index (χ3v) is 4.77. The molecule has 0 aliphatic heterocycles. The average molecular weight is 468 g/mol. The molecular formula is C25H29N3O6. The number of carbonyl (C=O) groups excluding carboxylic acids is 2. The smallest absolute Gasteiger partial charge is 0.359 e. The number of fused-ring (bicyclic) bond motifs is 1. The number of benzene rings is 2. The van der Waals surface area contributed by atoms with Crippen molar-refractivity contribution >= 4 is 28.3 Å². The van der Waals surface area contributed by atoms with Crippen molar-refractivity contribution in [2.45, 2.75) is 34.2 Å². The molecule has 9 nitrogen and oxygen atoms in total. The first-order valence-electron chi connectivity index (χ1n) is 11.2. The van der Waals surface area contributed by atoms with Gasteiger partial charge in [0.05, 0.1) is 24.3 Å². The minimum Gasteiger partial charge on any atom is -0.494 e. The lowest BCUT2D eigenvalue weighted by Gasteiger charge is -2.14. The Morgan fingerprint density at radius 3 is 2.41 bits per heavy atom. The predicted octanol–water partition coefficient (Wildman–Crippen LogP) is 3.65. The number of amides is 1. The summed E-state index contributed by atoms with van der Waals surface area (Å²) in [6, 6.07) is 11.8. The number of ether oxygens (including phenoxy) is 3. The van der Waals surface area contributed by atoms with Gasteiger partial charge in [0.1, 0.15) is 11.5 Å². The van der Waals surface area contributed by atoms with E-state index in [0.29, 0.717) is 47.7 Å². The van der Waals surface area contributed by atoms with Crippen molar-refractivity contribution in [1.82, 2.24) is 9.78 Å². The van der Waals surface area contributed by atoms with Gasteiger partial charge < -0.3 is 19.5 Å². The first-order chi connectivity index (χ1) is 16.3. The summed E-state index contributed by atoms with van der Waals surface area (Å²) >= 11 is 0. The molecular weight excluding hydrogens is 438 g/mol. The molecule has 1 N–H and O–H groups in total. The number of aromatic nitrogens is 2. The van der Waals surface area contributed by atoms with Crippen LogP contribution < -0.4 is 20.3 Å². The quantitative estimate of drug-likeness (QED) is 0.453. The Bertz CT molecular complexity index is 1240. The van der Waals surface area contributed by atoms with E-state index in [4.69, 9.17) is 14.2 Å². The zero-order chi connectivity index (χ0) is 24.7. The predicted molar refractivity (Wildman–Crippen MR) is 129 cm³/mol. The Balaban J connectivity index is 1.79. The second-order valence-corrected chi connectivity index (χ2v) is 7.92. The molecule has 2 aromatic carbocycles. The molecule has 0 saturated heterocycles. The molecule has 0 aliphatic carbocycles. The molecule has 1 amide bonds. The zero-order valence-electron chi connectivity index (χ0n) is 19.8. The Hall–Kier alpha value is -3.88. The first kappa shape index (κ1) is 24.8. The van der Waals surface area contributed by atoms with Crippen molar-refractivity contribution in [3.05, 3.63) is 58.5 Å². The van der Waals surface area contributed by atoms with Crippen LogP contribution in [0.15, 0.2) is 47.3 Å². The number of hydrogen-bond donors (Lipinski definition) is 1. The molecule has 1 heterocycles. The molecule has 0 saturated carbocycles. The normalized spacial score (nSPS) is 10.9. The third kappa shape index (κ3) is 5.92. The van der Waals surface area contributed by atoms with Gasteiger partial charge in [-0.1, -0.05) is 32.0 Å². The summed E-state index contributed by atoms with van der Waals surface area (Å²) in [5, 5.41) is 7.66. The summed E-state index contributed by atoms with van der Waals surface area (Å²) < 4.78 is 17.5. The number of nitrogens with one attached hydrogen (secondary N) is 1. The largest absolute Gasteiger partial charge is 0.494 e. The van der Waals surface area contributed by atoms with Gasteiger partial charge in [-0.25, -0.2) is 9.48 Å². The average Bonchev–Trinajstić information content (AvgIpc) is 2.81. The number of nitrogens with zero attached hydrogens (tertiary/aromatic N) is 2. The number of rotatable bonds is 10. The molecule has 180 valence electrons. The van der Waals surface area contributed by atoms with Crippen LogP contribution in [0.5, 0.6) is 11.5 Å². The second kappa shape index (κ2) is 11.3. The van der Waals surface area contributed by atoms with Crippen LogP contribution in [0.25, 0.3) is 10.8 Å². The van der Waals surface area contributed by atoms with Crippen molar-refractivity contribution in [2.75, 3.05) is 25.1 Å². The Morgan fingerprint density at radius 1 is 1.03 bits per heavy atom. The summed E-state index contributed by atoms with van der Waals surface area (Å²) in [5.74, 6) is -0.159. The molecule has 1 aromatic heterocycles. The lowest BCUT2D eigenvalue weighted by atomic mass is 10.1. The van der Waals surface area contributed by atoms with E-state index < -0.39 is 18.5 Å². The van der Waals surface area contributed by atoms with Crippen LogP contribution >= 0.6 is 0 Å². The SMILES string of the molecule is CCOc1ccc(OCC)c(NC(=O)COC(=O)c2nn(CC(C)C)c(=O)c3ccccc23)c1. The van der Waals surface area contributed by atoms with Gasteiger partial charge in [-0.3, -0.25) is 9.59 Å². The fourth-order valence-electron chi connectivity index (χ4n) is 3.39. The highest BCUT2D eigenvalue weighted by atomic mass is 16.5. The molecule has 9 heteroatoms. The standard InChI is InChI=1S/C25H29N3O6/c1-5-32-17-11-12-21(33-6-2)20(13-17)26-22(29)15-34-25(31)23-18-9-7-8-10-19(18)24(30)28(27-23)14-16(3)4/h7-13,16H,5-6,14-15H2,1-4H3,(H,26,29). The highest BCUT2D eigenvalue weighted by molar-refractivity contribution is 6.03. The van der Waals surface area contributed by atoms with Crippen molar-refractivity contribution in [3.63, 3.8) is 0 Å². The number of hydrogen-bond acceptors (Lipinski definition) is 7. The van der Waals surface area contributed by atoms with E-state index in [2.05, 4.69) is 10.4 Å². The van der Waals surface area contributed by atoms with Gasteiger partial charge in [-0.05, 0) is 38.0 Å². The zero-order valence-corrected chi connectivity index (χ0v) is 19.8. The third-order valence-electron chi connectivity index (χ3n) is 4.77. The maximum atomic E-state index is 12.8.